The van der Waals surface area contributed by atoms with E-state index in [0.717, 1.165) is 12.1 Å². The van der Waals surface area contributed by atoms with Gasteiger partial charge in [0.05, 0.1) is 12.7 Å². The van der Waals surface area contributed by atoms with Crippen LogP contribution < -0.4 is 5.32 Å². The molecule has 2 aromatic heterocycles. The van der Waals surface area contributed by atoms with Gasteiger partial charge in [-0.3, -0.25) is 14.2 Å². The fourth-order valence-corrected chi connectivity index (χ4v) is 2.30. The standard InChI is InChI=1S/C18H18FN5O/c1-2-23-12-14(11-20-23)7-8-18(25)21-17-9-10-24(22-17)13-15-5-3-4-6-16(15)19/h3-12H,2,13H2,1H3,(H,21,22,25)/b8-7+. The lowest BCUT2D eigenvalue weighted by Crippen LogP contribution is -2.09. The highest BCUT2D eigenvalue weighted by Crippen LogP contribution is 2.10. The zero-order valence-electron chi connectivity index (χ0n) is 13.8. The van der Waals surface area contributed by atoms with E-state index in [1.54, 1.807) is 52.1 Å². The highest BCUT2D eigenvalue weighted by molar-refractivity contribution is 6.01. The Bertz CT molecular complexity index is 896. The van der Waals surface area contributed by atoms with Crippen LogP contribution in [0.15, 0.2) is 55.0 Å². The van der Waals surface area contributed by atoms with Crippen molar-refractivity contribution in [3.63, 3.8) is 0 Å². The second-order valence-electron chi connectivity index (χ2n) is 5.44. The maximum Gasteiger partial charge on any atom is 0.249 e. The lowest BCUT2D eigenvalue weighted by Gasteiger charge is -2.03. The second-order valence-corrected chi connectivity index (χ2v) is 5.44. The number of benzene rings is 1. The van der Waals surface area contributed by atoms with Gasteiger partial charge in [0, 0.05) is 42.2 Å². The minimum absolute atomic E-state index is 0.279. The lowest BCUT2D eigenvalue weighted by molar-refractivity contribution is -0.111. The SMILES string of the molecule is CCn1cc(/C=C/C(=O)Nc2ccn(Cc3ccccc3F)n2)cn1. The summed E-state index contributed by atoms with van der Waals surface area (Å²) in [6.45, 7) is 3.07. The zero-order chi connectivity index (χ0) is 17.6. The highest BCUT2D eigenvalue weighted by atomic mass is 19.1. The number of aryl methyl sites for hydroxylation is 1. The number of aromatic nitrogens is 4. The molecule has 1 N–H and O–H groups in total. The number of rotatable bonds is 6. The fraction of sp³-hybridized carbons (Fsp3) is 0.167. The Morgan fingerprint density at radius 2 is 2.12 bits per heavy atom. The molecule has 0 aliphatic heterocycles. The maximum atomic E-state index is 13.7. The Hall–Kier alpha value is -3.22. The van der Waals surface area contributed by atoms with E-state index in [2.05, 4.69) is 15.5 Å². The first-order valence-electron chi connectivity index (χ1n) is 7.92. The summed E-state index contributed by atoms with van der Waals surface area (Å²) in [5.41, 5.74) is 1.39. The molecule has 0 radical (unpaired) electrons. The van der Waals surface area contributed by atoms with Gasteiger partial charge in [0.25, 0.3) is 0 Å². The highest BCUT2D eigenvalue weighted by Gasteiger charge is 2.05. The maximum absolute atomic E-state index is 13.7. The first-order chi connectivity index (χ1) is 12.1. The number of anilines is 1. The summed E-state index contributed by atoms with van der Waals surface area (Å²) in [7, 11) is 0. The predicted molar refractivity (Wildman–Crippen MR) is 93.3 cm³/mol. The number of nitrogens with zero attached hydrogens (tertiary/aromatic N) is 4. The van der Waals surface area contributed by atoms with Gasteiger partial charge in [-0.2, -0.15) is 10.2 Å². The van der Waals surface area contributed by atoms with Gasteiger partial charge in [-0.05, 0) is 19.1 Å². The van der Waals surface area contributed by atoms with Crippen molar-refractivity contribution in [1.82, 2.24) is 19.6 Å². The molecule has 0 saturated heterocycles. The fourth-order valence-electron chi connectivity index (χ4n) is 2.30. The summed E-state index contributed by atoms with van der Waals surface area (Å²) in [6.07, 6.45) is 8.35. The van der Waals surface area contributed by atoms with E-state index in [4.69, 9.17) is 0 Å². The molecule has 0 atom stereocenters. The molecule has 1 aromatic carbocycles. The van der Waals surface area contributed by atoms with Crippen LogP contribution in [0, 0.1) is 5.82 Å². The summed E-state index contributed by atoms with van der Waals surface area (Å²) in [5, 5.41) is 11.0. The van der Waals surface area contributed by atoms with E-state index >= 15 is 0 Å². The second kappa shape index (κ2) is 7.57. The first kappa shape index (κ1) is 16.6. The molecule has 0 spiro atoms. The molecule has 1 amide bonds. The van der Waals surface area contributed by atoms with Crippen LogP contribution in [0.5, 0.6) is 0 Å². The zero-order valence-corrected chi connectivity index (χ0v) is 13.8. The van der Waals surface area contributed by atoms with E-state index in [1.165, 1.54) is 12.1 Å². The minimum Gasteiger partial charge on any atom is -0.306 e. The number of halogens is 1. The Morgan fingerprint density at radius 3 is 2.88 bits per heavy atom. The number of amides is 1. The molecule has 128 valence electrons. The van der Waals surface area contributed by atoms with E-state index in [-0.39, 0.29) is 11.7 Å². The molecule has 0 aliphatic carbocycles. The topological polar surface area (TPSA) is 64.7 Å². The van der Waals surface area contributed by atoms with Gasteiger partial charge < -0.3 is 5.32 Å². The van der Waals surface area contributed by atoms with E-state index in [0.29, 0.717) is 17.9 Å². The molecular formula is C18H18FN5O. The quantitative estimate of drug-likeness (QED) is 0.702. The molecule has 0 saturated carbocycles. The van der Waals surface area contributed by atoms with Crippen molar-refractivity contribution in [3.8, 4) is 0 Å². The van der Waals surface area contributed by atoms with Crippen molar-refractivity contribution in [3.05, 3.63) is 71.9 Å². The van der Waals surface area contributed by atoms with E-state index in [9.17, 15) is 9.18 Å². The molecule has 3 aromatic rings. The van der Waals surface area contributed by atoms with Crippen LogP contribution in [-0.4, -0.2) is 25.5 Å². The van der Waals surface area contributed by atoms with Gasteiger partial charge in [-0.25, -0.2) is 4.39 Å². The molecule has 0 aliphatic rings. The minimum atomic E-state index is -0.291. The summed E-state index contributed by atoms with van der Waals surface area (Å²) in [5.74, 6) is -0.158. The third-order valence-corrected chi connectivity index (χ3v) is 3.59. The van der Waals surface area contributed by atoms with E-state index in [1.807, 2.05) is 13.1 Å². The Balaban J connectivity index is 1.59. The Morgan fingerprint density at radius 1 is 1.28 bits per heavy atom. The largest absolute Gasteiger partial charge is 0.306 e. The first-order valence-corrected chi connectivity index (χ1v) is 7.92. The third kappa shape index (κ3) is 4.41. The monoisotopic (exact) mass is 339 g/mol. The van der Waals surface area contributed by atoms with Crippen molar-refractivity contribution in [2.75, 3.05) is 5.32 Å². The summed E-state index contributed by atoms with van der Waals surface area (Å²) < 4.78 is 17.0. The van der Waals surface area contributed by atoms with Crippen LogP contribution in [0.3, 0.4) is 0 Å². The van der Waals surface area contributed by atoms with Gasteiger partial charge in [-0.1, -0.05) is 18.2 Å². The van der Waals surface area contributed by atoms with Crippen molar-refractivity contribution in [1.29, 1.82) is 0 Å². The molecule has 0 bridgehead atoms. The third-order valence-electron chi connectivity index (χ3n) is 3.59. The van der Waals surface area contributed by atoms with Gasteiger partial charge in [0.1, 0.15) is 5.82 Å². The molecule has 7 heteroatoms. The van der Waals surface area contributed by atoms with Crippen molar-refractivity contribution in [2.45, 2.75) is 20.0 Å². The van der Waals surface area contributed by atoms with Crippen LogP contribution in [0.1, 0.15) is 18.1 Å². The van der Waals surface area contributed by atoms with Crippen LogP contribution >= 0.6 is 0 Å². The van der Waals surface area contributed by atoms with Gasteiger partial charge in [0.2, 0.25) is 5.91 Å². The molecule has 3 rings (SSSR count). The predicted octanol–water partition coefficient (Wildman–Crippen LogP) is 2.94. The molecule has 2 heterocycles. The summed E-state index contributed by atoms with van der Waals surface area (Å²) in [6, 6.07) is 8.20. The van der Waals surface area contributed by atoms with Crippen molar-refractivity contribution < 1.29 is 9.18 Å². The number of nitrogens with one attached hydrogen (secondary N) is 1. The van der Waals surface area contributed by atoms with Gasteiger partial charge in [0.15, 0.2) is 5.82 Å². The van der Waals surface area contributed by atoms with Crippen molar-refractivity contribution >= 4 is 17.8 Å². The Labute approximate surface area is 144 Å². The number of hydrogen-bond acceptors (Lipinski definition) is 3. The molecule has 25 heavy (non-hydrogen) atoms. The smallest absolute Gasteiger partial charge is 0.249 e. The van der Waals surface area contributed by atoms with Crippen LogP contribution in [0.25, 0.3) is 6.08 Å². The normalized spacial score (nSPS) is 11.1. The number of hydrogen-bond donors (Lipinski definition) is 1. The Kier molecular flexibility index (Phi) is 5.03. The van der Waals surface area contributed by atoms with Crippen LogP contribution in [0.2, 0.25) is 0 Å². The van der Waals surface area contributed by atoms with Crippen LogP contribution in [0.4, 0.5) is 10.2 Å². The lowest BCUT2D eigenvalue weighted by atomic mass is 10.2. The number of carbonyl (C=O) groups is 1. The van der Waals surface area contributed by atoms with Crippen LogP contribution in [-0.2, 0) is 17.9 Å². The van der Waals surface area contributed by atoms with E-state index < -0.39 is 0 Å². The van der Waals surface area contributed by atoms with Gasteiger partial charge in [-0.15, -0.1) is 0 Å². The summed E-state index contributed by atoms with van der Waals surface area (Å²) in [4.78, 5) is 11.9. The molecule has 6 nitrogen and oxygen atoms in total. The molecular weight excluding hydrogens is 321 g/mol. The van der Waals surface area contributed by atoms with Crippen molar-refractivity contribution in [2.24, 2.45) is 0 Å². The summed E-state index contributed by atoms with van der Waals surface area (Å²) >= 11 is 0. The molecule has 0 fully saturated rings. The molecule has 0 unspecified atom stereocenters. The average Bonchev–Trinajstić information content (AvgIpc) is 3.24. The van der Waals surface area contributed by atoms with Gasteiger partial charge >= 0.3 is 0 Å². The average molecular weight is 339 g/mol. The number of carbonyl (C=O) groups excluding carboxylic acids is 1.